The Balaban J connectivity index is 0.000000500. The summed E-state index contributed by atoms with van der Waals surface area (Å²) in [4.78, 5) is 0. The Labute approximate surface area is 67.5 Å². The predicted molar refractivity (Wildman–Crippen MR) is 42.4 cm³/mol. The fourth-order valence-corrected chi connectivity index (χ4v) is 1.99. The van der Waals surface area contributed by atoms with Crippen LogP contribution in [0.3, 0.4) is 0 Å². The summed E-state index contributed by atoms with van der Waals surface area (Å²) in [5.41, 5.74) is 6.12. The molecule has 2 aliphatic rings. The molecule has 0 aromatic heterocycles. The van der Waals surface area contributed by atoms with Crippen molar-refractivity contribution in [3.05, 3.63) is 0 Å². The summed E-state index contributed by atoms with van der Waals surface area (Å²) < 4.78 is 5.45. The Kier molecular flexibility index (Phi) is 2.23. The number of ether oxygens (including phenoxy) is 1. The Hall–Kier alpha value is 0.210. The molecule has 2 nitrogen and oxygen atoms in total. The van der Waals surface area contributed by atoms with Gasteiger partial charge in [-0.1, -0.05) is 0 Å². The molecule has 0 amide bonds. The standard InChI is InChI=1S/C7H13NO.ClH/c8-7-3-1-2-6(7)9-5-4-7;/h6H,1-5,8H2;1H/t6-,7+;/m1./s1. The zero-order chi connectivity index (χ0) is 6.32. The molecule has 1 aliphatic carbocycles. The van der Waals surface area contributed by atoms with Crippen LogP contribution < -0.4 is 5.73 Å². The molecule has 1 saturated heterocycles. The fourth-order valence-electron chi connectivity index (χ4n) is 1.99. The van der Waals surface area contributed by atoms with E-state index in [0.29, 0.717) is 6.10 Å². The van der Waals surface area contributed by atoms with Crippen molar-refractivity contribution in [3.63, 3.8) is 0 Å². The quantitative estimate of drug-likeness (QED) is 0.580. The molecule has 0 aromatic rings. The van der Waals surface area contributed by atoms with Gasteiger partial charge in [0.05, 0.1) is 6.10 Å². The van der Waals surface area contributed by atoms with Crippen LogP contribution >= 0.6 is 12.4 Å². The van der Waals surface area contributed by atoms with E-state index in [0.717, 1.165) is 13.0 Å². The highest BCUT2D eigenvalue weighted by molar-refractivity contribution is 5.85. The molecule has 10 heavy (non-hydrogen) atoms. The highest BCUT2D eigenvalue weighted by atomic mass is 35.5. The molecule has 1 saturated carbocycles. The normalized spacial score (nSPS) is 44.7. The number of hydrogen-bond acceptors (Lipinski definition) is 2. The van der Waals surface area contributed by atoms with Gasteiger partial charge in [0.25, 0.3) is 0 Å². The van der Waals surface area contributed by atoms with Crippen LogP contribution in [0, 0.1) is 0 Å². The Morgan fingerprint density at radius 2 is 2.20 bits per heavy atom. The lowest BCUT2D eigenvalue weighted by Gasteiger charge is -2.20. The number of fused-ring (bicyclic) bond motifs is 1. The molecule has 1 heterocycles. The molecule has 0 radical (unpaired) electrons. The molecular formula is C7H14ClNO. The summed E-state index contributed by atoms with van der Waals surface area (Å²) in [5.74, 6) is 0. The molecular weight excluding hydrogens is 150 g/mol. The van der Waals surface area contributed by atoms with E-state index in [-0.39, 0.29) is 17.9 Å². The highest BCUT2D eigenvalue weighted by Crippen LogP contribution is 2.37. The van der Waals surface area contributed by atoms with Crippen LogP contribution in [-0.4, -0.2) is 18.2 Å². The lowest BCUT2D eigenvalue weighted by molar-refractivity contribution is 0.0951. The van der Waals surface area contributed by atoms with Crippen molar-refractivity contribution in [2.75, 3.05) is 6.61 Å². The van der Waals surface area contributed by atoms with E-state index < -0.39 is 0 Å². The minimum Gasteiger partial charge on any atom is -0.376 e. The molecule has 2 fully saturated rings. The first kappa shape index (κ1) is 8.31. The average molecular weight is 164 g/mol. The SMILES string of the molecule is Cl.N[C@]12CCC[C@H]1OCC2. The third-order valence-electron chi connectivity index (χ3n) is 2.64. The number of nitrogens with two attached hydrogens (primary N) is 1. The van der Waals surface area contributed by atoms with Crippen molar-refractivity contribution in [3.8, 4) is 0 Å². The molecule has 1 aliphatic heterocycles. The molecule has 0 aromatic carbocycles. The van der Waals surface area contributed by atoms with Gasteiger partial charge in [-0.2, -0.15) is 0 Å². The van der Waals surface area contributed by atoms with E-state index >= 15 is 0 Å². The van der Waals surface area contributed by atoms with Gasteiger partial charge in [-0.3, -0.25) is 0 Å². The second-order valence-corrected chi connectivity index (χ2v) is 3.23. The second-order valence-electron chi connectivity index (χ2n) is 3.23. The van der Waals surface area contributed by atoms with Crippen molar-refractivity contribution >= 4 is 12.4 Å². The van der Waals surface area contributed by atoms with Gasteiger partial charge in [0, 0.05) is 12.1 Å². The maximum Gasteiger partial charge on any atom is 0.0755 e. The summed E-state index contributed by atoms with van der Waals surface area (Å²) in [6.45, 7) is 0.890. The van der Waals surface area contributed by atoms with Crippen molar-refractivity contribution < 1.29 is 4.74 Å². The lowest BCUT2D eigenvalue weighted by Crippen LogP contribution is -2.42. The van der Waals surface area contributed by atoms with Crippen LogP contribution in [0.2, 0.25) is 0 Å². The van der Waals surface area contributed by atoms with E-state index in [2.05, 4.69) is 0 Å². The van der Waals surface area contributed by atoms with Crippen LogP contribution in [0.4, 0.5) is 0 Å². The van der Waals surface area contributed by atoms with Gasteiger partial charge in [-0.25, -0.2) is 0 Å². The Bertz CT molecular complexity index is 119. The van der Waals surface area contributed by atoms with Gasteiger partial charge < -0.3 is 10.5 Å². The van der Waals surface area contributed by atoms with Crippen LogP contribution in [0.5, 0.6) is 0 Å². The van der Waals surface area contributed by atoms with Gasteiger partial charge >= 0.3 is 0 Å². The summed E-state index contributed by atoms with van der Waals surface area (Å²) in [7, 11) is 0. The van der Waals surface area contributed by atoms with Crippen molar-refractivity contribution in [1.29, 1.82) is 0 Å². The minimum absolute atomic E-state index is 0. The Morgan fingerprint density at radius 1 is 1.40 bits per heavy atom. The first-order valence-electron chi connectivity index (χ1n) is 3.72. The summed E-state index contributed by atoms with van der Waals surface area (Å²) >= 11 is 0. The molecule has 0 spiro atoms. The molecule has 2 atom stereocenters. The zero-order valence-electron chi connectivity index (χ0n) is 6.01. The van der Waals surface area contributed by atoms with Gasteiger partial charge in [-0.05, 0) is 25.7 Å². The van der Waals surface area contributed by atoms with Crippen LogP contribution in [0.15, 0.2) is 0 Å². The van der Waals surface area contributed by atoms with E-state index in [1.807, 2.05) is 0 Å². The monoisotopic (exact) mass is 163 g/mol. The van der Waals surface area contributed by atoms with E-state index in [4.69, 9.17) is 10.5 Å². The fraction of sp³-hybridized carbons (Fsp3) is 1.00. The first-order valence-corrected chi connectivity index (χ1v) is 3.72. The number of hydrogen-bond donors (Lipinski definition) is 1. The molecule has 0 bridgehead atoms. The highest BCUT2D eigenvalue weighted by Gasteiger charge is 2.43. The minimum atomic E-state index is 0. The van der Waals surface area contributed by atoms with E-state index in [1.54, 1.807) is 0 Å². The van der Waals surface area contributed by atoms with Crippen LogP contribution in [-0.2, 0) is 4.74 Å². The first-order chi connectivity index (χ1) is 4.31. The molecule has 2 rings (SSSR count). The van der Waals surface area contributed by atoms with Gasteiger partial charge in [0.1, 0.15) is 0 Å². The van der Waals surface area contributed by atoms with Crippen LogP contribution in [0.1, 0.15) is 25.7 Å². The van der Waals surface area contributed by atoms with E-state index in [9.17, 15) is 0 Å². The second kappa shape index (κ2) is 2.68. The van der Waals surface area contributed by atoms with Crippen molar-refractivity contribution in [2.45, 2.75) is 37.3 Å². The smallest absolute Gasteiger partial charge is 0.0755 e. The lowest BCUT2D eigenvalue weighted by atomic mass is 9.96. The zero-order valence-corrected chi connectivity index (χ0v) is 6.82. The van der Waals surface area contributed by atoms with Crippen molar-refractivity contribution in [1.82, 2.24) is 0 Å². The third-order valence-corrected chi connectivity index (χ3v) is 2.64. The topological polar surface area (TPSA) is 35.2 Å². The predicted octanol–water partition coefficient (Wildman–Crippen LogP) is 1.08. The summed E-state index contributed by atoms with van der Waals surface area (Å²) in [6.07, 6.45) is 5.12. The molecule has 2 N–H and O–H groups in total. The number of halogens is 1. The third kappa shape index (κ3) is 1.04. The summed E-state index contributed by atoms with van der Waals surface area (Å²) in [6, 6.07) is 0. The van der Waals surface area contributed by atoms with Gasteiger partial charge in [0.15, 0.2) is 0 Å². The largest absolute Gasteiger partial charge is 0.376 e. The number of rotatable bonds is 0. The van der Waals surface area contributed by atoms with Gasteiger partial charge in [-0.15, -0.1) is 12.4 Å². The Morgan fingerprint density at radius 3 is 2.90 bits per heavy atom. The molecule has 0 unspecified atom stereocenters. The molecule has 60 valence electrons. The van der Waals surface area contributed by atoms with Crippen molar-refractivity contribution in [2.24, 2.45) is 5.73 Å². The van der Waals surface area contributed by atoms with E-state index in [1.165, 1.54) is 19.3 Å². The molecule has 3 heteroatoms. The van der Waals surface area contributed by atoms with Crippen LogP contribution in [0.25, 0.3) is 0 Å². The average Bonchev–Trinajstić information content (AvgIpc) is 2.22. The summed E-state index contributed by atoms with van der Waals surface area (Å²) in [5, 5.41) is 0. The maximum atomic E-state index is 6.04. The maximum absolute atomic E-state index is 6.04. The van der Waals surface area contributed by atoms with Gasteiger partial charge in [0.2, 0.25) is 0 Å².